The molecule has 2 N–H and O–H groups in total. The Morgan fingerprint density at radius 2 is 2.15 bits per heavy atom. The van der Waals surface area contributed by atoms with Gasteiger partial charge < -0.3 is 5.73 Å². The van der Waals surface area contributed by atoms with E-state index in [1.165, 1.54) is 15.2 Å². The van der Waals surface area contributed by atoms with Crippen molar-refractivity contribution in [2.45, 2.75) is 31.3 Å². The molecule has 0 radical (unpaired) electrons. The lowest BCUT2D eigenvalue weighted by Gasteiger charge is -2.31. The summed E-state index contributed by atoms with van der Waals surface area (Å²) in [6, 6.07) is -0.608. The van der Waals surface area contributed by atoms with Crippen LogP contribution < -0.4 is 5.73 Å². The summed E-state index contributed by atoms with van der Waals surface area (Å²) in [6.07, 6.45) is 1.38. The second-order valence-corrected chi connectivity index (χ2v) is 8.90. The van der Waals surface area contributed by atoms with Gasteiger partial charge in [-0.05, 0) is 13.8 Å². The number of rotatable bonds is 3. The van der Waals surface area contributed by atoms with Gasteiger partial charge in [0, 0.05) is 25.3 Å². The lowest BCUT2D eigenvalue weighted by molar-refractivity contribution is 0.357. The minimum Gasteiger partial charge on any atom is -0.381 e. The first-order valence-electron chi connectivity index (χ1n) is 6.22. The summed E-state index contributed by atoms with van der Waals surface area (Å²) < 4.78 is 50.8. The third-order valence-electron chi connectivity index (χ3n) is 3.27. The first-order valence-corrected chi connectivity index (χ1v) is 9.48. The zero-order valence-electron chi connectivity index (χ0n) is 11.4. The largest absolute Gasteiger partial charge is 0.381 e. The number of aromatic nitrogens is 2. The standard InChI is InChI=1S/C10H18N4O4S2/c1-3-13-6-9(10(11)12-13)20(17,18)14-4-5-19(15,16)7-8(14)2/h6,8H,3-5,7H2,1-2H3,(H2,11,12). The molecule has 0 amide bonds. The maximum atomic E-state index is 12.6. The van der Waals surface area contributed by atoms with Gasteiger partial charge in [0.15, 0.2) is 15.7 Å². The first kappa shape index (κ1) is 15.3. The highest BCUT2D eigenvalue weighted by molar-refractivity contribution is 7.92. The Balaban J connectivity index is 2.38. The van der Waals surface area contributed by atoms with E-state index >= 15 is 0 Å². The van der Waals surface area contributed by atoms with Crippen LogP contribution in [0.3, 0.4) is 0 Å². The number of sulfone groups is 1. The van der Waals surface area contributed by atoms with Gasteiger partial charge in [-0.1, -0.05) is 0 Å². The molecule has 0 aliphatic carbocycles. The van der Waals surface area contributed by atoms with E-state index in [1.807, 2.05) is 6.92 Å². The molecule has 1 aliphatic heterocycles. The van der Waals surface area contributed by atoms with Gasteiger partial charge in [0.2, 0.25) is 10.0 Å². The molecule has 10 heteroatoms. The molecule has 8 nitrogen and oxygen atoms in total. The Morgan fingerprint density at radius 1 is 1.50 bits per heavy atom. The first-order chi connectivity index (χ1) is 9.17. The molecule has 1 fully saturated rings. The number of nitrogens with zero attached hydrogens (tertiary/aromatic N) is 3. The lowest BCUT2D eigenvalue weighted by Crippen LogP contribution is -2.49. The minimum atomic E-state index is -3.82. The quantitative estimate of drug-likeness (QED) is 0.786. The highest BCUT2D eigenvalue weighted by Gasteiger charge is 2.38. The molecule has 2 heterocycles. The second-order valence-electron chi connectivity index (χ2n) is 4.81. The molecule has 1 aromatic rings. The molecule has 1 atom stereocenters. The van der Waals surface area contributed by atoms with Crippen molar-refractivity contribution in [1.82, 2.24) is 14.1 Å². The molecule has 114 valence electrons. The number of nitrogen functional groups attached to an aromatic ring is 1. The second kappa shape index (κ2) is 5.01. The number of hydrogen-bond acceptors (Lipinski definition) is 6. The van der Waals surface area contributed by atoms with Gasteiger partial charge >= 0.3 is 0 Å². The zero-order chi connectivity index (χ0) is 15.1. The van der Waals surface area contributed by atoms with Crippen LogP contribution in [0.1, 0.15) is 13.8 Å². The van der Waals surface area contributed by atoms with Crippen molar-refractivity contribution >= 4 is 25.7 Å². The monoisotopic (exact) mass is 322 g/mol. The normalized spacial score (nSPS) is 23.8. The van der Waals surface area contributed by atoms with Gasteiger partial charge in [-0.15, -0.1) is 0 Å². The Morgan fingerprint density at radius 3 is 2.65 bits per heavy atom. The van der Waals surface area contributed by atoms with Crippen molar-refractivity contribution in [2.24, 2.45) is 0 Å². The SMILES string of the molecule is CCn1cc(S(=O)(=O)N2CCS(=O)(=O)CC2C)c(N)n1. The minimum absolute atomic E-state index is 0.0530. The molecular formula is C10H18N4O4S2. The maximum Gasteiger partial charge on any atom is 0.248 e. The van der Waals surface area contributed by atoms with E-state index in [-0.39, 0.29) is 28.8 Å². The summed E-state index contributed by atoms with van der Waals surface area (Å²) in [4.78, 5) is -0.0644. The number of aryl methyl sites for hydroxylation is 1. The maximum absolute atomic E-state index is 12.6. The third kappa shape index (κ3) is 2.67. The van der Waals surface area contributed by atoms with Crippen molar-refractivity contribution in [3.05, 3.63) is 6.20 Å². The summed E-state index contributed by atoms with van der Waals surface area (Å²) in [5, 5.41) is 3.91. The van der Waals surface area contributed by atoms with Crippen molar-refractivity contribution in [3.8, 4) is 0 Å². The summed E-state index contributed by atoms with van der Waals surface area (Å²) in [7, 11) is -7.00. The predicted molar refractivity (Wildman–Crippen MR) is 74.3 cm³/mol. The highest BCUT2D eigenvalue weighted by atomic mass is 32.2. The van der Waals surface area contributed by atoms with E-state index in [4.69, 9.17) is 5.73 Å². The number of sulfonamides is 1. The van der Waals surface area contributed by atoms with Gasteiger partial charge in [0.25, 0.3) is 0 Å². The Kier molecular flexibility index (Phi) is 3.82. The van der Waals surface area contributed by atoms with E-state index in [1.54, 1.807) is 6.92 Å². The fraction of sp³-hybridized carbons (Fsp3) is 0.700. The van der Waals surface area contributed by atoms with E-state index in [0.717, 1.165) is 0 Å². The van der Waals surface area contributed by atoms with Gasteiger partial charge in [-0.3, -0.25) is 4.68 Å². The average molecular weight is 322 g/mol. The molecule has 20 heavy (non-hydrogen) atoms. The number of hydrogen-bond donors (Lipinski definition) is 1. The molecule has 0 spiro atoms. The summed E-state index contributed by atoms with van der Waals surface area (Å²) in [5.74, 6) is -0.403. The fourth-order valence-electron chi connectivity index (χ4n) is 2.25. The van der Waals surface area contributed by atoms with Crippen molar-refractivity contribution in [1.29, 1.82) is 0 Å². The van der Waals surface area contributed by atoms with Gasteiger partial charge in [-0.25, -0.2) is 16.8 Å². The van der Waals surface area contributed by atoms with Crippen LogP contribution in [0.4, 0.5) is 5.82 Å². The summed E-state index contributed by atoms with van der Waals surface area (Å²) in [6.45, 7) is 3.85. The molecule has 1 aliphatic rings. The predicted octanol–water partition coefficient (Wildman–Crippen LogP) is -0.707. The molecule has 1 saturated heterocycles. The molecule has 1 unspecified atom stereocenters. The molecule has 0 saturated carbocycles. The van der Waals surface area contributed by atoms with E-state index < -0.39 is 25.9 Å². The van der Waals surface area contributed by atoms with Crippen LogP contribution in [0.2, 0.25) is 0 Å². The van der Waals surface area contributed by atoms with Crippen LogP contribution in [0, 0.1) is 0 Å². The summed E-state index contributed by atoms with van der Waals surface area (Å²) >= 11 is 0. The van der Waals surface area contributed by atoms with Crippen LogP contribution >= 0.6 is 0 Å². The molecule has 0 bridgehead atoms. The van der Waals surface area contributed by atoms with E-state index in [9.17, 15) is 16.8 Å². The number of nitrogens with two attached hydrogens (primary N) is 1. The molecule has 0 aromatic carbocycles. The molecule has 2 rings (SSSR count). The smallest absolute Gasteiger partial charge is 0.248 e. The van der Waals surface area contributed by atoms with Crippen molar-refractivity contribution < 1.29 is 16.8 Å². The topological polar surface area (TPSA) is 115 Å². The third-order valence-corrected chi connectivity index (χ3v) is 7.10. The fourth-order valence-corrected chi connectivity index (χ4v) is 5.70. The van der Waals surface area contributed by atoms with Crippen molar-refractivity contribution in [2.75, 3.05) is 23.8 Å². The van der Waals surface area contributed by atoms with Crippen molar-refractivity contribution in [3.63, 3.8) is 0 Å². The van der Waals surface area contributed by atoms with E-state index in [2.05, 4.69) is 5.10 Å². The van der Waals surface area contributed by atoms with Crippen LogP contribution in [-0.2, 0) is 26.4 Å². The molecular weight excluding hydrogens is 304 g/mol. The Hall–Kier alpha value is -1.13. The van der Waals surface area contributed by atoms with E-state index in [0.29, 0.717) is 6.54 Å². The number of anilines is 1. The van der Waals surface area contributed by atoms with Gasteiger partial charge in [0.1, 0.15) is 4.90 Å². The highest BCUT2D eigenvalue weighted by Crippen LogP contribution is 2.25. The Bertz CT molecular complexity index is 708. The average Bonchev–Trinajstić information content (AvgIpc) is 2.69. The van der Waals surface area contributed by atoms with Crippen LogP contribution in [-0.4, -0.2) is 55.0 Å². The van der Waals surface area contributed by atoms with Gasteiger partial charge in [0.05, 0.1) is 11.5 Å². The molecule has 1 aromatic heterocycles. The summed E-state index contributed by atoms with van der Waals surface area (Å²) in [5.41, 5.74) is 5.65. The van der Waals surface area contributed by atoms with Crippen LogP contribution in [0.15, 0.2) is 11.1 Å². The zero-order valence-corrected chi connectivity index (χ0v) is 13.0. The van der Waals surface area contributed by atoms with Crippen LogP contribution in [0.5, 0.6) is 0 Å². The lowest BCUT2D eigenvalue weighted by atomic mass is 10.4. The van der Waals surface area contributed by atoms with Gasteiger partial charge in [-0.2, -0.15) is 9.40 Å². The van der Waals surface area contributed by atoms with Crippen LogP contribution in [0.25, 0.3) is 0 Å². The Labute approximate surface area is 118 Å².